The van der Waals surface area contributed by atoms with Crippen LogP contribution >= 0.6 is 0 Å². The lowest BCUT2D eigenvalue weighted by Gasteiger charge is -2.43. The molecule has 186 valence electrons. The summed E-state index contributed by atoms with van der Waals surface area (Å²) in [4.78, 5) is 37.7. The summed E-state index contributed by atoms with van der Waals surface area (Å²) in [5.74, 6) is -0.406. The average Bonchev–Trinajstić information content (AvgIpc) is 2.69. The van der Waals surface area contributed by atoms with Gasteiger partial charge >= 0.3 is 0 Å². The Kier molecular flexibility index (Phi) is 9.77. The molecule has 0 saturated heterocycles. The summed E-state index contributed by atoms with van der Waals surface area (Å²) in [5, 5.41) is 0. The van der Waals surface area contributed by atoms with E-state index in [0.717, 1.165) is 11.8 Å². The Hall–Kier alpha value is -1.85. The third-order valence-corrected chi connectivity index (χ3v) is 6.35. The van der Waals surface area contributed by atoms with Crippen LogP contribution in [0.5, 0.6) is 0 Å². The molecule has 0 aliphatic carbocycles. The molecule has 0 heterocycles. The zero-order chi connectivity index (χ0) is 25.7. The topological polar surface area (TPSA) is 69.7 Å². The molecule has 5 nitrogen and oxygen atoms in total. The highest BCUT2D eigenvalue weighted by molar-refractivity contribution is 5.90. The lowest BCUT2D eigenvalue weighted by molar-refractivity contribution is -0.169. The van der Waals surface area contributed by atoms with Crippen LogP contribution in [0.4, 0.5) is 0 Å². The van der Waals surface area contributed by atoms with E-state index >= 15 is 0 Å². The summed E-state index contributed by atoms with van der Waals surface area (Å²) >= 11 is 0. The van der Waals surface area contributed by atoms with Crippen molar-refractivity contribution >= 4 is 17.9 Å². The van der Waals surface area contributed by atoms with Gasteiger partial charge in [-0.2, -0.15) is 0 Å². The lowest BCUT2D eigenvalue weighted by atomic mass is 9.71. The minimum atomic E-state index is -0.882. The highest BCUT2D eigenvalue weighted by Crippen LogP contribution is 2.41. The van der Waals surface area contributed by atoms with Crippen molar-refractivity contribution in [2.24, 2.45) is 16.7 Å². The number of hydrogen-bond acceptors (Lipinski definition) is 5. The summed E-state index contributed by atoms with van der Waals surface area (Å²) in [6.07, 6.45) is 0.677. The molecule has 1 aromatic rings. The molecule has 0 bridgehead atoms. The van der Waals surface area contributed by atoms with E-state index in [9.17, 15) is 14.4 Å². The van der Waals surface area contributed by atoms with Crippen molar-refractivity contribution in [3.63, 3.8) is 0 Å². The monoisotopic (exact) mass is 460 g/mol. The van der Waals surface area contributed by atoms with Crippen LogP contribution in [0.25, 0.3) is 0 Å². The second-order valence-corrected chi connectivity index (χ2v) is 11.9. The van der Waals surface area contributed by atoms with Crippen molar-refractivity contribution in [2.45, 2.75) is 99.4 Å². The summed E-state index contributed by atoms with van der Waals surface area (Å²) in [6.45, 7) is 19.2. The van der Waals surface area contributed by atoms with Crippen molar-refractivity contribution in [3.8, 4) is 0 Å². The van der Waals surface area contributed by atoms with E-state index in [0.29, 0.717) is 6.42 Å². The van der Waals surface area contributed by atoms with Gasteiger partial charge in [0, 0.05) is 24.4 Å². The first-order chi connectivity index (χ1) is 14.9. The molecule has 1 aromatic carbocycles. The Morgan fingerprint density at radius 2 is 1.42 bits per heavy atom. The first-order valence-electron chi connectivity index (χ1n) is 11.8. The van der Waals surface area contributed by atoms with E-state index in [-0.39, 0.29) is 24.6 Å². The number of Topliss-reactive ketones (excluding diaryl/α,β-unsaturated/α-hetero) is 2. The van der Waals surface area contributed by atoms with Gasteiger partial charge in [-0.3, -0.25) is 9.59 Å². The zero-order valence-electron chi connectivity index (χ0n) is 22.3. The quantitative estimate of drug-likeness (QED) is 0.350. The van der Waals surface area contributed by atoms with Crippen LogP contribution < -0.4 is 0 Å². The number of ether oxygens (including phenoxy) is 2. The van der Waals surface area contributed by atoms with Gasteiger partial charge in [0.05, 0.1) is 16.6 Å². The Bertz CT molecular complexity index is 794. The first-order valence-corrected chi connectivity index (χ1v) is 11.8. The van der Waals surface area contributed by atoms with E-state index in [4.69, 9.17) is 9.47 Å². The van der Waals surface area contributed by atoms with Gasteiger partial charge in [-0.1, -0.05) is 65.0 Å². The molecule has 33 heavy (non-hydrogen) atoms. The van der Waals surface area contributed by atoms with Crippen molar-refractivity contribution in [3.05, 3.63) is 35.9 Å². The van der Waals surface area contributed by atoms with Crippen LogP contribution in [0.2, 0.25) is 0 Å². The van der Waals surface area contributed by atoms with E-state index < -0.39 is 34.1 Å². The molecule has 0 amide bonds. The number of ketones is 2. The molecule has 0 aliphatic heterocycles. The van der Waals surface area contributed by atoms with Gasteiger partial charge in [0.2, 0.25) is 0 Å². The minimum absolute atomic E-state index is 0.0501. The van der Waals surface area contributed by atoms with Gasteiger partial charge < -0.3 is 14.3 Å². The largest absolute Gasteiger partial charge is 0.375 e. The maximum absolute atomic E-state index is 13.8. The maximum Gasteiger partial charge on any atom is 0.174 e. The summed E-state index contributed by atoms with van der Waals surface area (Å²) in [6, 6.07) is 9.51. The van der Waals surface area contributed by atoms with Crippen LogP contribution in [0.15, 0.2) is 30.3 Å². The number of carbonyl (C=O) groups is 3. The smallest absolute Gasteiger partial charge is 0.174 e. The van der Waals surface area contributed by atoms with Crippen molar-refractivity contribution in [2.75, 3.05) is 6.61 Å². The predicted octanol–water partition coefficient (Wildman–Crippen LogP) is 6.14. The van der Waals surface area contributed by atoms with Crippen molar-refractivity contribution in [1.82, 2.24) is 0 Å². The number of benzene rings is 1. The molecule has 0 fully saturated rings. The first kappa shape index (κ1) is 29.2. The normalized spacial score (nSPS) is 15.1. The standard InChI is InChI=1S/C28H44O5/c1-25(2,3)23(30)21(16-18-29)17-19-32-28(9,10)27(7,8)24(31)22(33-26(4,5)6)20-14-12-11-13-15-20/h11-15,18,21-22H,16-17,19H2,1-10H3. The molecule has 0 aromatic heterocycles. The van der Waals surface area contributed by atoms with Crippen molar-refractivity contribution in [1.29, 1.82) is 0 Å². The van der Waals surface area contributed by atoms with Gasteiger partial charge in [-0.25, -0.2) is 0 Å². The summed E-state index contributed by atoms with van der Waals surface area (Å²) in [5.41, 5.74) is -1.93. The van der Waals surface area contributed by atoms with Crippen LogP contribution in [0.3, 0.4) is 0 Å². The molecule has 0 saturated carbocycles. The van der Waals surface area contributed by atoms with Gasteiger partial charge in [-0.15, -0.1) is 0 Å². The molecule has 0 N–H and O–H groups in total. The SMILES string of the molecule is CC(C)(C)OC(C(=O)C(C)(C)C(C)(C)OCCC(CC=O)C(=O)C(C)(C)C)c1ccccc1. The molecule has 2 unspecified atom stereocenters. The molecule has 2 atom stereocenters. The Morgan fingerprint density at radius 1 is 0.879 bits per heavy atom. The number of carbonyl (C=O) groups excluding carboxylic acids is 3. The molecule has 0 aliphatic rings. The van der Waals surface area contributed by atoms with Crippen LogP contribution in [0, 0.1) is 16.7 Å². The molecular formula is C28H44O5. The zero-order valence-corrected chi connectivity index (χ0v) is 22.3. The van der Waals surface area contributed by atoms with Crippen molar-refractivity contribution < 1.29 is 23.9 Å². The fraction of sp³-hybridized carbons (Fsp3) is 0.679. The van der Waals surface area contributed by atoms with Crippen LogP contribution in [-0.4, -0.2) is 35.7 Å². The highest BCUT2D eigenvalue weighted by Gasteiger charge is 2.48. The number of hydrogen-bond donors (Lipinski definition) is 0. The number of rotatable bonds is 12. The summed E-state index contributed by atoms with van der Waals surface area (Å²) in [7, 11) is 0. The molecular weight excluding hydrogens is 416 g/mol. The van der Waals surface area contributed by atoms with Crippen LogP contribution in [0.1, 0.15) is 93.7 Å². The third kappa shape index (κ3) is 8.15. The second-order valence-electron chi connectivity index (χ2n) is 11.9. The Morgan fingerprint density at radius 3 is 1.88 bits per heavy atom. The minimum Gasteiger partial charge on any atom is -0.375 e. The molecule has 0 spiro atoms. The van der Waals surface area contributed by atoms with E-state index in [2.05, 4.69) is 0 Å². The predicted molar refractivity (Wildman–Crippen MR) is 132 cm³/mol. The van der Waals surface area contributed by atoms with Gasteiger partial charge in [0.15, 0.2) is 5.78 Å². The van der Waals surface area contributed by atoms with Gasteiger partial charge in [-0.05, 0) is 46.6 Å². The van der Waals surface area contributed by atoms with Gasteiger partial charge in [0.25, 0.3) is 0 Å². The molecule has 5 heteroatoms. The van der Waals surface area contributed by atoms with Crippen LogP contribution in [-0.2, 0) is 23.9 Å². The second kappa shape index (κ2) is 11.1. The third-order valence-electron chi connectivity index (χ3n) is 6.35. The summed E-state index contributed by atoms with van der Waals surface area (Å²) < 4.78 is 12.4. The van der Waals surface area contributed by atoms with E-state index in [1.807, 2.05) is 99.6 Å². The van der Waals surface area contributed by atoms with Gasteiger partial charge in [0.1, 0.15) is 18.2 Å². The Labute approximate surface area is 200 Å². The van der Waals surface area contributed by atoms with E-state index in [1.54, 1.807) is 0 Å². The fourth-order valence-electron chi connectivity index (χ4n) is 3.60. The lowest BCUT2D eigenvalue weighted by Crippen LogP contribution is -2.50. The van der Waals surface area contributed by atoms with E-state index in [1.165, 1.54) is 0 Å². The maximum atomic E-state index is 13.8. The molecule has 1 rings (SSSR count). The average molecular weight is 461 g/mol. The fourth-order valence-corrected chi connectivity index (χ4v) is 3.60. The molecule has 0 radical (unpaired) electrons. The number of aldehydes is 1. The Balaban J connectivity index is 3.06. The highest BCUT2D eigenvalue weighted by atomic mass is 16.5.